The van der Waals surface area contributed by atoms with E-state index in [4.69, 9.17) is 15.9 Å². The molecule has 4 rings (SSSR count). The van der Waals surface area contributed by atoms with Crippen molar-refractivity contribution in [3.8, 4) is 23.8 Å². The second-order valence-corrected chi connectivity index (χ2v) is 8.18. The van der Waals surface area contributed by atoms with Gasteiger partial charge in [0.15, 0.2) is 0 Å². The molecule has 30 heavy (non-hydrogen) atoms. The third kappa shape index (κ3) is 4.60. The highest BCUT2D eigenvalue weighted by Gasteiger charge is 2.41. The summed E-state index contributed by atoms with van der Waals surface area (Å²) >= 11 is 0. The zero-order valence-electron chi connectivity index (χ0n) is 17.5. The van der Waals surface area contributed by atoms with Gasteiger partial charge in [-0.25, -0.2) is 0 Å². The molecule has 0 atom stereocenters. The van der Waals surface area contributed by atoms with E-state index < -0.39 is 0 Å². The molecule has 1 fully saturated rings. The molecule has 5 heteroatoms. The van der Waals surface area contributed by atoms with Crippen LogP contribution in [-0.2, 0) is 17.9 Å². The van der Waals surface area contributed by atoms with E-state index in [0.29, 0.717) is 13.1 Å². The number of likely N-dealkylation sites (tertiary alicyclic amines) is 1. The zero-order valence-corrected chi connectivity index (χ0v) is 17.5. The summed E-state index contributed by atoms with van der Waals surface area (Å²) in [4.78, 5) is 16.6. The Morgan fingerprint density at radius 1 is 1.20 bits per heavy atom. The van der Waals surface area contributed by atoms with Crippen molar-refractivity contribution < 1.29 is 14.3 Å². The summed E-state index contributed by atoms with van der Waals surface area (Å²) in [5.41, 5.74) is 1.96. The lowest BCUT2D eigenvalue weighted by molar-refractivity contribution is -0.132. The van der Waals surface area contributed by atoms with Crippen molar-refractivity contribution in [1.82, 2.24) is 9.80 Å². The van der Waals surface area contributed by atoms with Crippen LogP contribution in [0.3, 0.4) is 0 Å². The van der Waals surface area contributed by atoms with E-state index >= 15 is 0 Å². The first kappa shape index (κ1) is 20.3. The van der Waals surface area contributed by atoms with Gasteiger partial charge in [0.05, 0.1) is 6.54 Å². The lowest BCUT2D eigenvalue weighted by Gasteiger charge is -2.42. The number of hydrogen-bond acceptors (Lipinski definition) is 4. The number of rotatable bonds is 4. The van der Waals surface area contributed by atoms with Crippen LogP contribution in [0.2, 0.25) is 0 Å². The standard InChI is InChI=1S/C25H28N2O3/c1-3-15-29-23-9-6-7-21(16-23)17-26-13-11-25(12-14-26)19-27(20(2)28)18-22-8-4-5-10-24(22)30-25/h1,4-10,16H,11-15,17-19H2,2H3. The first-order valence-corrected chi connectivity index (χ1v) is 10.5. The Balaban J connectivity index is 1.44. The summed E-state index contributed by atoms with van der Waals surface area (Å²) < 4.78 is 12.1. The monoisotopic (exact) mass is 404 g/mol. The predicted octanol–water partition coefficient (Wildman–Crippen LogP) is 3.47. The van der Waals surface area contributed by atoms with Gasteiger partial charge < -0.3 is 14.4 Å². The maximum Gasteiger partial charge on any atom is 0.219 e. The van der Waals surface area contributed by atoms with Gasteiger partial charge in [0.2, 0.25) is 5.91 Å². The van der Waals surface area contributed by atoms with E-state index in [2.05, 4.69) is 29.0 Å². The van der Waals surface area contributed by atoms with Crippen LogP contribution in [0.25, 0.3) is 0 Å². The summed E-state index contributed by atoms with van der Waals surface area (Å²) in [6, 6.07) is 16.2. The molecule has 0 saturated carbocycles. The molecule has 0 aliphatic carbocycles. The molecule has 1 spiro atoms. The van der Waals surface area contributed by atoms with E-state index in [1.165, 1.54) is 5.56 Å². The largest absolute Gasteiger partial charge is 0.485 e. The van der Waals surface area contributed by atoms with Gasteiger partial charge in [-0.1, -0.05) is 36.3 Å². The van der Waals surface area contributed by atoms with E-state index in [-0.39, 0.29) is 18.1 Å². The Hall–Kier alpha value is -2.97. The smallest absolute Gasteiger partial charge is 0.219 e. The molecule has 2 aromatic carbocycles. The Morgan fingerprint density at radius 2 is 2.00 bits per heavy atom. The maximum absolute atomic E-state index is 12.2. The van der Waals surface area contributed by atoms with Gasteiger partial charge in [-0.3, -0.25) is 9.69 Å². The number of fused-ring (bicyclic) bond motifs is 1. The minimum atomic E-state index is -0.327. The van der Waals surface area contributed by atoms with Gasteiger partial charge in [-0.15, -0.1) is 6.42 Å². The molecule has 0 unspecified atom stereocenters. The second kappa shape index (κ2) is 8.81. The molecule has 2 aliphatic rings. The van der Waals surface area contributed by atoms with Crippen LogP contribution in [0.5, 0.6) is 11.5 Å². The quantitative estimate of drug-likeness (QED) is 0.732. The first-order valence-electron chi connectivity index (χ1n) is 10.5. The molecule has 0 bridgehead atoms. The van der Waals surface area contributed by atoms with Crippen molar-refractivity contribution in [2.24, 2.45) is 0 Å². The normalized spacial score (nSPS) is 18.1. The summed E-state index contributed by atoms with van der Waals surface area (Å²) in [7, 11) is 0. The van der Waals surface area contributed by atoms with Gasteiger partial charge in [-0.05, 0) is 23.8 Å². The fourth-order valence-corrected chi connectivity index (χ4v) is 4.33. The molecule has 156 valence electrons. The predicted molar refractivity (Wildman–Crippen MR) is 116 cm³/mol. The van der Waals surface area contributed by atoms with Crippen molar-refractivity contribution in [1.29, 1.82) is 0 Å². The van der Waals surface area contributed by atoms with Crippen molar-refractivity contribution in [2.75, 3.05) is 26.2 Å². The van der Waals surface area contributed by atoms with Gasteiger partial charge in [-0.2, -0.15) is 0 Å². The Labute approximate surface area is 178 Å². The van der Waals surface area contributed by atoms with Gasteiger partial charge in [0, 0.05) is 51.5 Å². The number of carbonyl (C=O) groups is 1. The van der Waals surface area contributed by atoms with E-state index in [1.54, 1.807) is 6.92 Å². The lowest BCUT2D eigenvalue weighted by Crippen LogP contribution is -2.53. The number of hydrogen-bond donors (Lipinski definition) is 0. The fraction of sp³-hybridized carbons (Fsp3) is 0.400. The van der Waals surface area contributed by atoms with Crippen molar-refractivity contribution in [2.45, 2.75) is 38.5 Å². The highest BCUT2D eigenvalue weighted by Crippen LogP contribution is 2.36. The van der Waals surface area contributed by atoms with Gasteiger partial charge in [0.1, 0.15) is 23.7 Å². The van der Waals surface area contributed by atoms with Crippen LogP contribution < -0.4 is 9.47 Å². The highest BCUT2D eigenvalue weighted by atomic mass is 16.5. The third-order valence-electron chi connectivity index (χ3n) is 5.98. The number of amides is 1. The topological polar surface area (TPSA) is 42.0 Å². The number of para-hydroxylation sites is 1. The number of ether oxygens (including phenoxy) is 2. The average Bonchev–Trinajstić information content (AvgIpc) is 2.91. The summed E-state index contributed by atoms with van der Waals surface area (Å²) in [6.45, 7) is 5.87. The van der Waals surface area contributed by atoms with Crippen LogP contribution in [0.4, 0.5) is 0 Å². The van der Waals surface area contributed by atoms with E-state index in [9.17, 15) is 4.79 Å². The van der Waals surface area contributed by atoms with E-state index in [0.717, 1.165) is 49.5 Å². The van der Waals surface area contributed by atoms with Crippen LogP contribution in [0, 0.1) is 12.3 Å². The highest BCUT2D eigenvalue weighted by molar-refractivity contribution is 5.73. The minimum absolute atomic E-state index is 0.0980. The Bertz CT molecular complexity index is 941. The SMILES string of the molecule is C#CCOc1cccc(CN2CCC3(CC2)CN(C(C)=O)Cc2ccccc2O3)c1. The van der Waals surface area contributed by atoms with Crippen LogP contribution in [-0.4, -0.2) is 47.5 Å². The van der Waals surface area contributed by atoms with Crippen molar-refractivity contribution in [3.63, 3.8) is 0 Å². The van der Waals surface area contributed by atoms with Crippen molar-refractivity contribution in [3.05, 3.63) is 59.7 Å². The number of carbonyl (C=O) groups excluding carboxylic acids is 1. The Kier molecular flexibility index (Phi) is 5.96. The maximum atomic E-state index is 12.2. The Morgan fingerprint density at radius 3 is 2.77 bits per heavy atom. The molecular formula is C25H28N2O3. The summed E-state index contributed by atoms with van der Waals surface area (Å²) in [6.07, 6.45) is 7.06. The molecule has 2 heterocycles. The zero-order chi connectivity index (χ0) is 21.0. The lowest BCUT2D eigenvalue weighted by atomic mass is 9.90. The number of terminal acetylenes is 1. The van der Waals surface area contributed by atoms with Crippen LogP contribution >= 0.6 is 0 Å². The number of benzene rings is 2. The molecule has 1 saturated heterocycles. The molecule has 2 aliphatic heterocycles. The molecule has 0 N–H and O–H groups in total. The molecule has 0 radical (unpaired) electrons. The number of nitrogens with zero attached hydrogens (tertiary/aromatic N) is 2. The average molecular weight is 405 g/mol. The molecule has 5 nitrogen and oxygen atoms in total. The molecule has 1 amide bonds. The van der Waals surface area contributed by atoms with Gasteiger partial charge >= 0.3 is 0 Å². The summed E-state index contributed by atoms with van der Waals surface area (Å²) in [5.74, 6) is 4.31. The summed E-state index contributed by atoms with van der Waals surface area (Å²) in [5, 5.41) is 0. The number of piperidine rings is 1. The molecule has 0 aromatic heterocycles. The molecule has 2 aromatic rings. The van der Waals surface area contributed by atoms with Crippen LogP contribution in [0.1, 0.15) is 30.9 Å². The second-order valence-electron chi connectivity index (χ2n) is 8.18. The minimum Gasteiger partial charge on any atom is -0.485 e. The van der Waals surface area contributed by atoms with Crippen LogP contribution in [0.15, 0.2) is 48.5 Å². The third-order valence-corrected chi connectivity index (χ3v) is 5.98. The first-order chi connectivity index (χ1) is 14.6. The van der Waals surface area contributed by atoms with E-state index in [1.807, 2.05) is 35.2 Å². The molecular weight excluding hydrogens is 376 g/mol. The van der Waals surface area contributed by atoms with Crippen molar-refractivity contribution >= 4 is 5.91 Å². The van der Waals surface area contributed by atoms with Gasteiger partial charge in [0.25, 0.3) is 0 Å². The fourth-order valence-electron chi connectivity index (χ4n) is 4.33.